The quantitative estimate of drug-likeness (QED) is 0.669. The molecule has 0 aliphatic carbocycles. The molecule has 0 saturated carbocycles. The van der Waals surface area contributed by atoms with E-state index in [0.717, 1.165) is 12.8 Å². The van der Waals surface area contributed by atoms with Crippen LogP contribution in [0.2, 0.25) is 0 Å². The summed E-state index contributed by atoms with van der Waals surface area (Å²) >= 11 is 3.21. The van der Waals surface area contributed by atoms with Crippen molar-refractivity contribution in [2.45, 2.75) is 19.8 Å². The predicted octanol–water partition coefficient (Wildman–Crippen LogP) is 2.56. The Balaban J connectivity index is 2.20. The number of carbonyl (C=O) groups excluding carboxylic acids is 2. The van der Waals surface area contributed by atoms with Crippen LogP contribution in [0, 0.1) is 0 Å². The van der Waals surface area contributed by atoms with E-state index in [-0.39, 0.29) is 11.8 Å². The predicted molar refractivity (Wildman–Crippen MR) is 77.8 cm³/mol. The highest BCUT2D eigenvalue weighted by atomic mass is 79.9. The fourth-order valence-corrected chi connectivity index (χ4v) is 2.35. The van der Waals surface area contributed by atoms with Crippen molar-refractivity contribution in [3.8, 4) is 0 Å². The number of benzene rings is 1. The van der Waals surface area contributed by atoms with Gasteiger partial charge in [-0.1, -0.05) is 31.5 Å². The summed E-state index contributed by atoms with van der Waals surface area (Å²) in [5.74, 6) is -0.630. The summed E-state index contributed by atoms with van der Waals surface area (Å²) in [5, 5.41) is 3.03. The molecular formula is C14H15BrN2O2. The Labute approximate surface area is 120 Å². The maximum atomic E-state index is 12.3. The molecule has 4 nitrogen and oxygen atoms in total. The topological polar surface area (TPSA) is 49.4 Å². The molecule has 0 saturated heterocycles. The third-order valence-electron chi connectivity index (χ3n) is 2.87. The molecule has 2 rings (SSSR count). The lowest BCUT2D eigenvalue weighted by molar-refractivity contribution is -0.120. The first-order valence-electron chi connectivity index (χ1n) is 6.24. The summed E-state index contributed by atoms with van der Waals surface area (Å²) in [6.45, 7) is 2.76. The molecule has 0 aromatic heterocycles. The van der Waals surface area contributed by atoms with Gasteiger partial charge in [0.2, 0.25) is 0 Å². The molecule has 100 valence electrons. The van der Waals surface area contributed by atoms with Crippen LogP contribution in [0.25, 0.3) is 0 Å². The third-order valence-corrected chi connectivity index (χ3v) is 3.61. The van der Waals surface area contributed by atoms with Gasteiger partial charge in [0, 0.05) is 6.54 Å². The molecule has 1 N–H and O–H groups in total. The van der Waals surface area contributed by atoms with E-state index in [1.54, 1.807) is 24.3 Å². The number of hydrogen-bond donors (Lipinski definition) is 1. The number of carbonyl (C=O) groups is 2. The summed E-state index contributed by atoms with van der Waals surface area (Å²) in [6.07, 6.45) is 1.99. The smallest absolute Gasteiger partial charge is 0.282 e. The SMILES string of the molecule is CCCCNC1=C(Br)C(=O)N(c2ccccc2)C1=O. The Morgan fingerprint density at radius 3 is 2.47 bits per heavy atom. The second-order valence-electron chi connectivity index (χ2n) is 4.25. The Hall–Kier alpha value is -1.62. The normalized spacial score (nSPS) is 15.4. The Kier molecular flexibility index (Phi) is 4.37. The Morgan fingerprint density at radius 1 is 1.16 bits per heavy atom. The Morgan fingerprint density at radius 2 is 1.84 bits per heavy atom. The fraction of sp³-hybridized carbons (Fsp3) is 0.286. The van der Waals surface area contributed by atoms with E-state index in [9.17, 15) is 9.59 Å². The monoisotopic (exact) mass is 322 g/mol. The van der Waals surface area contributed by atoms with Crippen LogP contribution in [-0.4, -0.2) is 18.4 Å². The molecule has 0 unspecified atom stereocenters. The van der Waals surface area contributed by atoms with Gasteiger partial charge in [0.15, 0.2) is 0 Å². The molecule has 0 atom stereocenters. The number of anilines is 1. The van der Waals surface area contributed by atoms with E-state index in [2.05, 4.69) is 28.2 Å². The van der Waals surface area contributed by atoms with Crippen LogP contribution in [0.4, 0.5) is 5.69 Å². The summed E-state index contributed by atoms with van der Waals surface area (Å²) < 4.78 is 0.303. The van der Waals surface area contributed by atoms with Crippen molar-refractivity contribution < 1.29 is 9.59 Å². The average Bonchev–Trinajstić information content (AvgIpc) is 2.64. The number of halogens is 1. The van der Waals surface area contributed by atoms with Crippen LogP contribution in [-0.2, 0) is 9.59 Å². The molecular weight excluding hydrogens is 308 g/mol. The largest absolute Gasteiger partial charge is 0.379 e. The molecule has 19 heavy (non-hydrogen) atoms. The zero-order valence-corrected chi connectivity index (χ0v) is 12.2. The summed E-state index contributed by atoms with van der Waals surface area (Å²) in [5.41, 5.74) is 0.934. The van der Waals surface area contributed by atoms with Crippen LogP contribution in [0.3, 0.4) is 0 Å². The van der Waals surface area contributed by atoms with E-state index in [1.165, 1.54) is 4.90 Å². The lowest BCUT2D eigenvalue weighted by Crippen LogP contribution is -2.33. The van der Waals surface area contributed by atoms with Crippen molar-refractivity contribution in [2.24, 2.45) is 0 Å². The number of para-hydroxylation sites is 1. The summed E-state index contributed by atoms with van der Waals surface area (Å²) in [7, 11) is 0. The van der Waals surface area contributed by atoms with Gasteiger partial charge in [-0.25, -0.2) is 4.90 Å². The number of nitrogens with one attached hydrogen (secondary N) is 1. The lowest BCUT2D eigenvalue weighted by atomic mass is 10.3. The molecule has 0 radical (unpaired) electrons. The highest BCUT2D eigenvalue weighted by Gasteiger charge is 2.37. The van der Waals surface area contributed by atoms with Crippen LogP contribution in [0.1, 0.15) is 19.8 Å². The molecule has 1 aliphatic heterocycles. The maximum Gasteiger partial charge on any atom is 0.282 e. The summed E-state index contributed by atoms with van der Waals surface area (Å²) in [6, 6.07) is 8.92. The van der Waals surface area contributed by atoms with Gasteiger partial charge in [0.05, 0.1) is 5.69 Å². The van der Waals surface area contributed by atoms with E-state index in [0.29, 0.717) is 22.4 Å². The van der Waals surface area contributed by atoms with Gasteiger partial charge in [-0.3, -0.25) is 9.59 Å². The maximum absolute atomic E-state index is 12.3. The second kappa shape index (κ2) is 6.02. The van der Waals surface area contributed by atoms with Gasteiger partial charge in [-0.05, 0) is 34.5 Å². The number of hydrogen-bond acceptors (Lipinski definition) is 3. The molecule has 0 fully saturated rings. The van der Waals surface area contributed by atoms with Gasteiger partial charge in [-0.2, -0.15) is 0 Å². The highest BCUT2D eigenvalue weighted by Crippen LogP contribution is 2.28. The van der Waals surface area contributed by atoms with Gasteiger partial charge in [0.25, 0.3) is 11.8 Å². The van der Waals surface area contributed by atoms with Crippen LogP contribution in [0.15, 0.2) is 40.5 Å². The van der Waals surface area contributed by atoms with Crippen molar-refractivity contribution >= 4 is 33.4 Å². The molecule has 0 spiro atoms. The summed E-state index contributed by atoms with van der Waals surface area (Å²) in [4.78, 5) is 25.6. The van der Waals surface area contributed by atoms with Crippen molar-refractivity contribution in [1.82, 2.24) is 5.32 Å². The van der Waals surface area contributed by atoms with Gasteiger partial charge in [0.1, 0.15) is 10.2 Å². The van der Waals surface area contributed by atoms with Crippen LogP contribution >= 0.6 is 15.9 Å². The van der Waals surface area contributed by atoms with Crippen molar-refractivity contribution in [2.75, 3.05) is 11.4 Å². The van der Waals surface area contributed by atoms with Gasteiger partial charge < -0.3 is 5.32 Å². The first-order valence-corrected chi connectivity index (χ1v) is 7.03. The van der Waals surface area contributed by atoms with E-state index in [4.69, 9.17) is 0 Å². The number of rotatable bonds is 5. The molecule has 1 heterocycles. The number of nitrogens with zero attached hydrogens (tertiary/aromatic N) is 1. The average molecular weight is 323 g/mol. The third kappa shape index (κ3) is 2.71. The molecule has 1 aliphatic rings. The van der Waals surface area contributed by atoms with Crippen molar-refractivity contribution in [3.63, 3.8) is 0 Å². The van der Waals surface area contributed by atoms with Crippen molar-refractivity contribution in [1.29, 1.82) is 0 Å². The molecule has 1 aromatic rings. The number of unbranched alkanes of at least 4 members (excludes halogenated alkanes) is 1. The minimum atomic E-state index is -0.324. The first kappa shape index (κ1) is 13.8. The molecule has 2 amide bonds. The number of amides is 2. The molecule has 5 heteroatoms. The minimum absolute atomic E-state index is 0.303. The standard InChI is InChI=1S/C14H15BrN2O2/c1-2-3-9-16-12-11(15)13(18)17(14(12)19)10-7-5-4-6-8-10/h4-8,16H,2-3,9H2,1H3. The zero-order valence-electron chi connectivity index (χ0n) is 10.6. The zero-order chi connectivity index (χ0) is 13.8. The first-order chi connectivity index (χ1) is 9.16. The van der Waals surface area contributed by atoms with Crippen LogP contribution in [0.5, 0.6) is 0 Å². The molecule has 1 aromatic carbocycles. The van der Waals surface area contributed by atoms with Crippen LogP contribution < -0.4 is 10.2 Å². The van der Waals surface area contributed by atoms with E-state index in [1.807, 2.05) is 6.07 Å². The van der Waals surface area contributed by atoms with Crippen molar-refractivity contribution in [3.05, 3.63) is 40.5 Å². The highest BCUT2D eigenvalue weighted by molar-refractivity contribution is 9.12. The molecule has 0 bridgehead atoms. The van der Waals surface area contributed by atoms with E-state index < -0.39 is 0 Å². The lowest BCUT2D eigenvalue weighted by Gasteiger charge is -2.14. The van der Waals surface area contributed by atoms with Gasteiger partial charge >= 0.3 is 0 Å². The van der Waals surface area contributed by atoms with Gasteiger partial charge in [-0.15, -0.1) is 0 Å². The minimum Gasteiger partial charge on any atom is -0.379 e. The Bertz CT molecular complexity index is 526. The van der Waals surface area contributed by atoms with E-state index >= 15 is 0 Å². The second-order valence-corrected chi connectivity index (χ2v) is 5.04. The number of imide groups is 1. The fourth-order valence-electron chi connectivity index (χ4n) is 1.86.